The second-order valence-electron chi connectivity index (χ2n) is 5.59. The molecule has 1 rings (SSSR count). The molecule has 0 saturated heterocycles. The van der Waals surface area contributed by atoms with E-state index in [0.717, 1.165) is 18.7 Å². The van der Waals surface area contributed by atoms with Crippen LogP contribution in [0.2, 0.25) is 0 Å². The first-order valence-corrected chi connectivity index (χ1v) is 6.27. The van der Waals surface area contributed by atoms with Gasteiger partial charge in [0.2, 0.25) is 0 Å². The molecular weight excluding hydrogens is 212 g/mol. The predicted octanol–water partition coefficient (Wildman–Crippen LogP) is 2.95. The maximum absolute atomic E-state index is 8.76. The number of hydrogen-bond acceptors (Lipinski definition) is 3. The van der Waals surface area contributed by atoms with Gasteiger partial charge >= 0.3 is 0 Å². The minimum absolute atomic E-state index is 0.147. The molecule has 2 N–H and O–H groups in total. The monoisotopic (exact) mass is 236 g/mol. The van der Waals surface area contributed by atoms with Crippen molar-refractivity contribution in [3.05, 3.63) is 23.9 Å². The minimum Gasteiger partial charge on any atom is -0.396 e. The minimum atomic E-state index is 0.147. The summed E-state index contributed by atoms with van der Waals surface area (Å²) in [5, 5.41) is 12.1. The van der Waals surface area contributed by atoms with Crippen molar-refractivity contribution in [2.75, 3.05) is 11.9 Å². The lowest BCUT2D eigenvalue weighted by Gasteiger charge is -2.19. The number of nitrogens with one attached hydrogen (secondary N) is 1. The van der Waals surface area contributed by atoms with Crippen molar-refractivity contribution in [3.8, 4) is 0 Å². The molecule has 0 amide bonds. The first-order chi connectivity index (χ1) is 7.93. The number of anilines is 1. The van der Waals surface area contributed by atoms with Crippen molar-refractivity contribution in [2.45, 2.75) is 52.0 Å². The van der Waals surface area contributed by atoms with Crippen LogP contribution in [0.4, 0.5) is 5.82 Å². The molecule has 0 spiro atoms. The molecule has 3 heteroatoms. The van der Waals surface area contributed by atoms with Gasteiger partial charge in [0.15, 0.2) is 0 Å². The number of rotatable bonds is 5. The van der Waals surface area contributed by atoms with Gasteiger partial charge in [-0.3, -0.25) is 0 Å². The summed E-state index contributed by atoms with van der Waals surface area (Å²) in [5.41, 5.74) is 1.39. The van der Waals surface area contributed by atoms with E-state index in [1.807, 2.05) is 12.3 Å². The van der Waals surface area contributed by atoms with Crippen molar-refractivity contribution in [3.63, 3.8) is 0 Å². The third-order valence-corrected chi connectivity index (χ3v) is 2.82. The van der Waals surface area contributed by atoms with Crippen LogP contribution in [0.25, 0.3) is 0 Å². The molecule has 0 aliphatic rings. The van der Waals surface area contributed by atoms with E-state index in [2.05, 4.69) is 44.1 Å². The van der Waals surface area contributed by atoms with Gasteiger partial charge in [-0.15, -0.1) is 0 Å². The fraction of sp³-hybridized carbons (Fsp3) is 0.643. The first kappa shape index (κ1) is 14.0. The molecule has 0 radical (unpaired) electrons. The van der Waals surface area contributed by atoms with Crippen LogP contribution in [0.1, 0.15) is 46.1 Å². The molecule has 1 atom stereocenters. The van der Waals surface area contributed by atoms with Gasteiger partial charge in [0.05, 0.1) is 0 Å². The van der Waals surface area contributed by atoms with Crippen LogP contribution in [-0.2, 0) is 5.41 Å². The number of hydrogen-bond donors (Lipinski definition) is 2. The molecule has 1 heterocycles. The quantitative estimate of drug-likeness (QED) is 0.826. The molecule has 1 unspecified atom stereocenters. The molecule has 1 aromatic heterocycles. The Labute approximate surface area is 104 Å². The fourth-order valence-corrected chi connectivity index (χ4v) is 1.64. The highest BCUT2D eigenvalue weighted by Crippen LogP contribution is 2.22. The number of nitrogens with zero attached hydrogens (tertiary/aromatic N) is 1. The van der Waals surface area contributed by atoms with E-state index in [0.29, 0.717) is 6.04 Å². The maximum Gasteiger partial charge on any atom is 0.126 e. The van der Waals surface area contributed by atoms with E-state index in [-0.39, 0.29) is 12.0 Å². The van der Waals surface area contributed by atoms with Crippen molar-refractivity contribution >= 4 is 5.82 Å². The topological polar surface area (TPSA) is 45.1 Å². The zero-order valence-corrected chi connectivity index (χ0v) is 11.3. The van der Waals surface area contributed by atoms with Gasteiger partial charge in [0.25, 0.3) is 0 Å². The summed E-state index contributed by atoms with van der Waals surface area (Å²) in [5.74, 6) is 0.906. The molecule has 0 aliphatic heterocycles. The number of aromatic nitrogens is 1. The summed E-state index contributed by atoms with van der Waals surface area (Å²) in [4.78, 5) is 4.42. The second kappa shape index (κ2) is 6.01. The second-order valence-corrected chi connectivity index (χ2v) is 5.59. The molecule has 0 fully saturated rings. The molecule has 17 heavy (non-hydrogen) atoms. The van der Waals surface area contributed by atoms with Crippen molar-refractivity contribution < 1.29 is 5.11 Å². The van der Waals surface area contributed by atoms with Gasteiger partial charge in [-0.2, -0.15) is 0 Å². The Kier molecular flexibility index (Phi) is 4.94. The highest BCUT2D eigenvalue weighted by molar-refractivity contribution is 5.37. The van der Waals surface area contributed by atoms with Crippen molar-refractivity contribution in [1.82, 2.24) is 4.98 Å². The SMILES string of the molecule is CC(CCCO)Nc1ccc(C(C)(C)C)cn1. The maximum atomic E-state index is 8.76. The number of aliphatic hydroxyl groups excluding tert-OH is 1. The van der Waals surface area contributed by atoms with Crippen LogP contribution in [0.15, 0.2) is 18.3 Å². The van der Waals surface area contributed by atoms with Gasteiger partial charge in [0.1, 0.15) is 5.82 Å². The first-order valence-electron chi connectivity index (χ1n) is 6.27. The van der Waals surface area contributed by atoms with Gasteiger partial charge < -0.3 is 10.4 Å². The van der Waals surface area contributed by atoms with Gasteiger partial charge in [-0.1, -0.05) is 26.8 Å². The summed E-state index contributed by atoms with van der Waals surface area (Å²) in [6, 6.07) is 4.49. The molecule has 0 bridgehead atoms. The number of aliphatic hydroxyl groups is 1. The van der Waals surface area contributed by atoms with E-state index < -0.39 is 0 Å². The lowest BCUT2D eigenvalue weighted by Crippen LogP contribution is -2.17. The Bertz CT molecular complexity index is 327. The zero-order chi connectivity index (χ0) is 12.9. The lowest BCUT2D eigenvalue weighted by molar-refractivity contribution is 0.282. The third kappa shape index (κ3) is 4.73. The molecule has 1 aromatic rings. The molecule has 0 saturated carbocycles. The molecule has 3 nitrogen and oxygen atoms in total. The largest absolute Gasteiger partial charge is 0.396 e. The van der Waals surface area contributed by atoms with Gasteiger partial charge in [0, 0.05) is 18.8 Å². The predicted molar refractivity (Wildman–Crippen MR) is 72.3 cm³/mol. The van der Waals surface area contributed by atoms with Crippen LogP contribution in [0.5, 0.6) is 0 Å². The highest BCUT2D eigenvalue weighted by atomic mass is 16.2. The average molecular weight is 236 g/mol. The normalized spacial score (nSPS) is 13.5. The number of pyridine rings is 1. The third-order valence-electron chi connectivity index (χ3n) is 2.82. The summed E-state index contributed by atoms with van der Waals surface area (Å²) in [7, 11) is 0. The standard InChI is InChI=1S/C14H24N2O/c1-11(6-5-9-17)16-13-8-7-12(10-15-13)14(2,3)4/h7-8,10-11,17H,5-6,9H2,1-4H3,(H,15,16). The van der Waals surface area contributed by atoms with E-state index in [9.17, 15) is 0 Å². The van der Waals surface area contributed by atoms with E-state index in [1.165, 1.54) is 5.56 Å². The van der Waals surface area contributed by atoms with Gasteiger partial charge in [-0.25, -0.2) is 4.98 Å². The summed E-state index contributed by atoms with van der Waals surface area (Å²) < 4.78 is 0. The summed E-state index contributed by atoms with van der Waals surface area (Å²) in [6.07, 6.45) is 3.72. The Morgan fingerprint density at radius 1 is 1.35 bits per heavy atom. The van der Waals surface area contributed by atoms with Crippen LogP contribution >= 0.6 is 0 Å². The Morgan fingerprint density at radius 3 is 2.53 bits per heavy atom. The Morgan fingerprint density at radius 2 is 2.06 bits per heavy atom. The Hall–Kier alpha value is -1.09. The van der Waals surface area contributed by atoms with Crippen LogP contribution in [-0.4, -0.2) is 22.7 Å². The van der Waals surface area contributed by atoms with Crippen LogP contribution in [0, 0.1) is 0 Å². The molecule has 96 valence electrons. The van der Waals surface area contributed by atoms with Crippen LogP contribution < -0.4 is 5.32 Å². The molecular formula is C14H24N2O. The highest BCUT2D eigenvalue weighted by Gasteiger charge is 2.13. The summed E-state index contributed by atoms with van der Waals surface area (Å²) in [6.45, 7) is 8.90. The molecule has 0 aromatic carbocycles. The Balaban J connectivity index is 2.56. The van der Waals surface area contributed by atoms with E-state index >= 15 is 0 Å². The lowest BCUT2D eigenvalue weighted by atomic mass is 9.88. The van der Waals surface area contributed by atoms with Gasteiger partial charge in [-0.05, 0) is 36.8 Å². The van der Waals surface area contributed by atoms with Crippen molar-refractivity contribution in [1.29, 1.82) is 0 Å². The summed E-state index contributed by atoms with van der Waals surface area (Å²) >= 11 is 0. The van der Waals surface area contributed by atoms with Crippen molar-refractivity contribution in [2.24, 2.45) is 0 Å². The van der Waals surface area contributed by atoms with E-state index in [1.54, 1.807) is 0 Å². The van der Waals surface area contributed by atoms with E-state index in [4.69, 9.17) is 5.11 Å². The fourth-order valence-electron chi connectivity index (χ4n) is 1.64. The van der Waals surface area contributed by atoms with Crippen LogP contribution in [0.3, 0.4) is 0 Å². The smallest absolute Gasteiger partial charge is 0.126 e. The molecule has 0 aliphatic carbocycles. The average Bonchev–Trinajstić information content (AvgIpc) is 2.26. The zero-order valence-electron chi connectivity index (χ0n) is 11.3.